The van der Waals surface area contributed by atoms with Crippen LogP contribution in [0, 0.1) is 22.7 Å². The monoisotopic (exact) mass is 630 g/mol. The van der Waals surface area contributed by atoms with E-state index in [4.69, 9.17) is 0 Å². The lowest BCUT2D eigenvalue weighted by Crippen LogP contribution is -2.09. The third kappa shape index (κ3) is 4.42. The van der Waals surface area contributed by atoms with E-state index in [2.05, 4.69) is 125 Å². The van der Waals surface area contributed by atoms with Crippen molar-refractivity contribution in [2.24, 2.45) is 0 Å². The lowest BCUT2D eigenvalue weighted by molar-refractivity contribution is 0.667. The summed E-state index contributed by atoms with van der Waals surface area (Å²) in [7, 11) is 0. The van der Waals surface area contributed by atoms with E-state index in [0.29, 0.717) is 17.0 Å². The topological polar surface area (TPSA) is 57.4 Å². The third-order valence-corrected chi connectivity index (χ3v) is 10.6. The number of hydrogen-bond donors (Lipinski definition) is 0. The average molecular weight is 631 g/mol. The van der Waals surface area contributed by atoms with Gasteiger partial charge in [0.2, 0.25) is 0 Å². The Hall–Kier alpha value is -6.10. The molecule has 0 N–H and O–H groups in total. The summed E-state index contributed by atoms with van der Waals surface area (Å²) in [4.78, 5) is 0. The Labute approximate surface area is 286 Å². The maximum Gasteiger partial charge on any atom is 0.101 e. The fourth-order valence-electron chi connectivity index (χ4n) is 8.56. The molecule has 0 saturated carbocycles. The van der Waals surface area contributed by atoms with Gasteiger partial charge in [-0.05, 0) is 108 Å². The summed E-state index contributed by atoms with van der Waals surface area (Å²) in [6.07, 6.45) is 9.81. The average Bonchev–Trinajstić information content (AvgIpc) is 3.68. The van der Waals surface area contributed by atoms with Crippen LogP contribution in [0.4, 0.5) is 0 Å². The highest BCUT2D eigenvalue weighted by Crippen LogP contribution is 2.44. The minimum atomic E-state index is 0.452. The van der Waals surface area contributed by atoms with E-state index in [0.717, 1.165) is 76.6 Å². The van der Waals surface area contributed by atoms with Crippen LogP contribution >= 0.6 is 0 Å². The molecule has 234 valence electrons. The quantitative estimate of drug-likeness (QED) is 0.194. The molecule has 0 bridgehead atoms. The Kier molecular flexibility index (Phi) is 6.85. The van der Waals surface area contributed by atoms with Gasteiger partial charge in [-0.1, -0.05) is 85.8 Å². The summed E-state index contributed by atoms with van der Waals surface area (Å²) in [5.74, 6) is 0.452. The second-order valence-corrected chi connectivity index (χ2v) is 13.4. The van der Waals surface area contributed by atoms with Crippen LogP contribution in [-0.2, 0) is 12.8 Å². The number of aromatic nitrogens is 2. The van der Waals surface area contributed by atoms with Crippen molar-refractivity contribution < 1.29 is 0 Å². The zero-order valence-corrected chi connectivity index (χ0v) is 27.4. The fraction of sp³-hybridized carbons (Fsp3) is 0.156. The van der Waals surface area contributed by atoms with Crippen LogP contribution in [0.2, 0.25) is 0 Å². The molecule has 7 aromatic rings. The molecule has 4 heteroatoms. The van der Waals surface area contributed by atoms with Gasteiger partial charge in [-0.2, -0.15) is 10.5 Å². The van der Waals surface area contributed by atoms with Crippen LogP contribution < -0.4 is 0 Å². The lowest BCUT2D eigenvalue weighted by atomic mass is 9.90. The van der Waals surface area contributed by atoms with Crippen molar-refractivity contribution in [3.63, 3.8) is 0 Å². The molecule has 0 spiro atoms. The molecule has 0 radical (unpaired) electrons. The molecule has 1 atom stereocenters. The van der Waals surface area contributed by atoms with Gasteiger partial charge in [0.15, 0.2) is 0 Å². The largest absolute Gasteiger partial charge is 0.311 e. The number of aryl methyl sites for hydroxylation is 1. The Bertz CT molecular complexity index is 2580. The van der Waals surface area contributed by atoms with Gasteiger partial charge in [0, 0.05) is 33.4 Å². The Morgan fingerprint density at radius 1 is 0.694 bits per heavy atom. The maximum absolute atomic E-state index is 10.6. The maximum atomic E-state index is 10.6. The minimum absolute atomic E-state index is 0.452. The van der Waals surface area contributed by atoms with E-state index >= 15 is 0 Å². The van der Waals surface area contributed by atoms with Gasteiger partial charge in [0.05, 0.1) is 33.9 Å². The van der Waals surface area contributed by atoms with E-state index in [1.165, 1.54) is 33.4 Å². The van der Waals surface area contributed by atoms with E-state index < -0.39 is 0 Å². The fourth-order valence-corrected chi connectivity index (χ4v) is 8.56. The second kappa shape index (κ2) is 11.6. The summed E-state index contributed by atoms with van der Waals surface area (Å²) in [6, 6.07) is 43.1. The van der Waals surface area contributed by atoms with Gasteiger partial charge in [0.1, 0.15) is 6.07 Å². The van der Waals surface area contributed by atoms with E-state index in [9.17, 15) is 10.5 Å². The number of fused-ring (bicyclic) bond motifs is 6. The molecule has 0 aliphatic heterocycles. The van der Waals surface area contributed by atoms with Crippen molar-refractivity contribution in [1.82, 2.24) is 9.13 Å². The molecule has 5 aromatic carbocycles. The second-order valence-electron chi connectivity index (χ2n) is 13.4. The summed E-state index contributed by atoms with van der Waals surface area (Å²) in [5.41, 5.74) is 14.8. The molecule has 49 heavy (non-hydrogen) atoms. The number of allylic oxidation sites excluding steroid dienone is 1. The zero-order valence-electron chi connectivity index (χ0n) is 27.4. The lowest BCUT2D eigenvalue weighted by Gasteiger charge is -2.21. The van der Waals surface area contributed by atoms with E-state index in [1.54, 1.807) is 0 Å². The Morgan fingerprint density at radius 2 is 1.43 bits per heavy atom. The first-order valence-electron chi connectivity index (χ1n) is 17.3. The van der Waals surface area contributed by atoms with E-state index in [1.807, 2.05) is 24.3 Å². The normalized spacial score (nSPS) is 15.1. The van der Waals surface area contributed by atoms with Crippen molar-refractivity contribution in [2.45, 2.75) is 44.9 Å². The molecular formula is C45H34N4. The van der Waals surface area contributed by atoms with Crippen molar-refractivity contribution in [3.8, 4) is 45.8 Å². The predicted octanol–water partition coefficient (Wildman–Crippen LogP) is 11.1. The summed E-state index contributed by atoms with van der Waals surface area (Å²) < 4.78 is 4.71. The number of benzene rings is 5. The van der Waals surface area contributed by atoms with Gasteiger partial charge in [0.25, 0.3) is 0 Å². The molecule has 0 fully saturated rings. The third-order valence-electron chi connectivity index (χ3n) is 10.6. The van der Waals surface area contributed by atoms with Gasteiger partial charge in [-0.15, -0.1) is 0 Å². The van der Waals surface area contributed by atoms with E-state index in [-0.39, 0.29) is 0 Å². The van der Waals surface area contributed by atoms with Crippen LogP contribution in [0.1, 0.15) is 65.7 Å². The molecule has 2 aliphatic rings. The van der Waals surface area contributed by atoms with Crippen LogP contribution in [0.3, 0.4) is 0 Å². The van der Waals surface area contributed by atoms with Gasteiger partial charge in [-0.25, -0.2) is 0 Å². The Balaban J connectivity index is 1.29. The number of para-hydroxylation sites is 2. The van der Waals surface area contributed by atoms with Crippen LogP contribution in [-0.4, -0.2) is 9.13 Å². The van der Waals surface area contributed by atoms with Crippen LogP contribution in [0.25, 0.3) is 61.5 Å². The molecule has 0 amide bonds. The summed E-state index contributed by atoms with van der Waals surface area (Å²) in [5, 5.41) is 23.3. The highest BCUT2D eigenvalue weighted by atomic mass is 15.0. The van der Waals surface area contributed by atoms with Gasteiger partial charge < -0.3 is 9.13 Å². The molecule has 9 rings (SSSR count). The smallest absolute Gasteiger partial charge is 0.101 e. The van der Waals surface area contributed by atoms with Gasteiger partial charge >= 0.3 is 0 Å². The first kappa shape index (κ1) is 29.1. The standard InChI is InChI=1S/C45H34N4/c1-29-12-8-24-41-43(29)38-20-5-7-23-40(38)48(41)33-16-9-13-30(26-33)34-17-2-3-19-36(34)44-31(27-46)14-11-25-42(44)49-39-22-6-4-18-35(39)37-21-10-15-32(28-47)45(37)49/h2-3,5,7-11,13-17,19-21,23-26,29H,4,6,12,18,22H2,1H3. The molecule has 0 saturated heterocycles. The molecule has 2 aliphatic carbocycles. The minimum Gasteiger partial charge on any atom is -0.311 e. The number of hydrogen-bond acceptors (Lipinski definition) is 2. The number of nitrogens with zero attached hydrogens (tertiary/aromatic N) is 4. The van der Waals surface area contributed by atoms with Crippen LogP contribution in [0.15, 0.2) is 115 Å². The van der Waals surface area contributed by atoms with Crippen molar-refractivity contribution in [1.29, 1.82) is 10.5 Å². The highest BCUT2D eigenvalue weighted by Gasteiger charge is 2.27. The number of rotatable bonds is 4. The molecule has 2 aromatic heterocycles. The van der Waals surface area contributed by atoms with Crippen molar-refractivity contribution >= 4 is 27.9 Å². The number of nitriles is 2. The molecule has 1 unspecified atom stereocenters. The van der Waals surface area contributed by atoms with Gasteiger partial charge in [-0.3, -0.25) is 0 Å². The first-order valence-corrected chi connectivity index (χ1v) is 17.3. The highest BCUT2D eigenvalue weighted by molar-refractivity contribution is 5.97. The zero-order chi connectivity index (χ0) is 33.1. The van der Waals surface area contributed by atoms with Crippen molar-refractivity contribution in [3.05, 3.63) is 149 Å². The first-order chi connectivity index (χ1) is 24.2. The molecule has 4 nitrogen and oxygen atoms in total. The van der Waals surface area contributed by atoms with Crippen LogP contribution in [0.5, 0.6) is 0 Å². The predicted molar refractivity (Wildman–Crippen MR) is 199 cm³/mol. The SMILES string of the molecule is CC1CC=Cc2c1c1ccccc1n2-c1cccc(-c2ccccc2-c2c(C#N)cccc2-n2c3c(c4cccc(C#N)c42)CCCC3)c1. The Morgan fingerprint density at radius 3 is 2.31 bits per heavy atom. The molecular weight excluding hydrogens is 597 g/mol. The summed E-state index contributed by atoms with van der Waals surface area (Å²) in [6.45, 7) is 2.32. The summed E-state index contributed by atoms with van der Waals surface area (Å²) >= 11 is 0. The van der Waals surface area contributed by atoms with Crippen molar-refractivity contribution in [2.75, 3.05) is 0 Å². The molecule has 2 heterocycles.